The number of carbonyl (C=O) groups is 3. The van der Waals surface area contributed by atoms with Crippen LogP contribution in [-0.4, -0.2) is 80.6 Å². The van der Waals surface area contributed by atoms with Crippen LogP contribution in [0.15, 0.2) is 36.5 Å². The van der Waals surface area contributed by atoms with Crippen LogP contribution in [0.25, 0.3) is 0 Å². The lowest BCUT2D eigenvalue weighted by atomic mass is 10.1. The number of carbonyl (C=O) groups excluding carboxylic acids is 2. The predicted octanol–water partition coefficient (Wildman–Crippen LogP) is 13.0. The van der Waals surface area contributed by atoms with Crippen LogP contribution in [-0.2, 0) is 28.6 Å². The van der Waals surface area contributed by atoms with Crippen LogP contribution in [0.5, 0.6) is 0 Å². The third kappa shape index (κ3) is 38.8. The van der Waals surface area contributed by atoms with Gasteiger partial charge in [0.15, 0.2) is 12.1 Å². The summed E-state index contributed by atoms with van der Waals surface area (Å²) in [5, 5.41) is 9.63. The number of aliphatic carboxylic acids is 1. The van der Waals surface area contributed by atoms with Crippen molar-refractivity contribution in [2.24, 2.45) is 0 Å². The monoisotopic (exact) mass is 805 g/mol. The van der Waals surface area contributed by atoms with E-state index in [0.29, 0.717) is 19.3 Å². The van der Waals surface area contributed by atoms with E-state index in [2.05, 4.69) is 50.3 Å². The van der Waals surface area contributed by atoms with Gasteiger partial charge >= 0.3 is 17.9 Å². The molecular weight excluding hydrogens is 715 g/mol. The standard InChI is InChI=1S/C49H89NO7/c1-6-8-10-12-14-16-18-20-22-24-26-27-29-31-33-35-37-39-47(51)56-44-45(43-55-42-41-46(49(53)54)50(3,4)5)57-48(52)40-38-36-34-32-30-28-25-23-21-19-17-15-13-11-9-7-2/h14,16,20,22-23,25,45-46H,6-13,15,17-19,21,24,26-44H2,1-5H3/p+1/b16-14+,22-20+,25-23+. The summed E-state index contributed by atoms with van der Waals surface area (Å²) in [6, 6.07) is -0.616. The van der Waals surface area contributed by atoms with Crippen LogP contribution < -0.4 is 0 Å². The Morgan fingerprint density at radius 1 is 0.526 bits per heavy atom. The van der Waals surface area contributed by atoms with Gasteiger partial charge in [0, 0.05) is 19.3 Å². The van der Waals surface area contributed by atoms with Gasteiger partial charge in [-0.05, 0) is 70.6 Å². The lowest BCUT2D eigenvalue weighted by Gasteiger charge is -2.31. The van der Waals surface area contributed by atoms with Gasteiger partial charge in [-0.15, -0.1) is 0 Å². The van der Waals surface area contributed by atoms with E-state index < -0.39 is 18.1 Å². The molecule has 0 saturated carbocycles. The van der Waals surface area contributed by atoms with Crippen molar-refractivity contribution in [3.05, 3.63) is 36.5 Å². The fraction of sp³-hybridized carbons (Fsp3) is 0.816. The number of hydrogen-bond donors (Lipinski definition) is 1. The van der Waals surface area contributed by atoms with Gasteiger partial charge in [-0.2, -0.15) is 0 Å². The Morgan fingerprint density at radius 3 is 1.40 bits per heavy atom. The molecule has 0 heterocycles. The maximum Gasteiger partial charge on any atom is 0.362 e. The minimum atomic E-state index is -0.877. The zero-order valence-electron chi connectivity index (χ0n) is 37.8. The molecule has 0 aliphatic heterocycles. The van der Waals surface area contributed by atoms with E-state index in [1.54, 1.807) is 0 Å². The molecule has 1 N–H and O–H groups in total. The van der Waals surface area contributed by atoms with Crippen molar-refractivity contribution in [1.29, 1.82) is 0 Å². The molecule has 0 amide bonds. The first-order valence-electron chi connectivity index (χ1n) is 23.5. The van der Waals surface area contributed by atoms with Crippen LogP contribution in [0, 0.1) is 0 Å². The Bertz CT molecular complexity index is 1030. The molecule has 0 spiro atoms. The van der Waals surface area contributed by atoms with Crippen LogP contribution in [0.3, 0.4) is 0 Å². The number of allylic oxidation sites excluding steroid dienone is 6. The van der Waals surface area contributed by atoms with E-state index in [1.807, 2.05) is 21.1 Å². The Kier molecular flexibility index (Phi) is 38.6. The van der Waals surface area contributed by atoms with Crippen molar-refractivity contribution in [2.45, 2.75) is 219 Å². The van der Waals surface area contributed by atoms with Crippen molar-refractivity contribution in [3.8, 4) is 0 Å². The van der Waals surface area contributed by atoms with Gasteiger partial charge in [0.2, 0.25) is 0 Å². The highest BCUT2D eigenvalue weighted by molar-refractivity contribution is 5.72. The number of likely N-dealkylation sites (N-methyl/N-ethyl adjacent to an activating group) is 1. The number of quaternary nitrogens is 1. The Balaban J connectivity index is 4.33. The average molecular weight is 805 g/mol. The topological polar surface area (TPSA) is 99.1 Å². The summed E-state index contributed by atoms with van der Waals surface area (Å²) in [6.45, 7) is 4.70. The predicted molar refractivity (Wildman–Crippen MR) is 238 cm³/mol. The maximum atomic E-state index is 12.7. The molecule has 0 aliphatic rings. The van der Waals surface area contributed by atoms with Gasteiger partial charge in [-0.1, -0.05) is 153 Å². The van der Waals surface area contributed by atoms with Crippen LogP contribution in [0.1, 0.15) is 206 Å². The highest BCUT2D eigenvalue weighted by Gasteiger charge is 2.31. The number of hydrogen-bond acceptors (Lipinski definition) is 6. The molecule has 8 heteroatoms. The Labute approximate surface area is 351 Å². The highest BCUT2D eigenvalue weighted by Crippen LogP contribution is 2.14. The molecule has 0 aromatic carbocycles. The largest absolute Gasteiger partial charge is 0.477 e. The van der Waals surface area contributed by atoms with Gasteiger partial charge in [-0.25, -0.2) is 4.79 Å². The van der Waals surface area contributed by atoms with Crippen LogP contribution in [0.4, 0.5) is 0 Å². The number of rotatable bonds is 42. The molecule has 0 radical (unpaired) electrons. The smallest absolute Gasteiger partial charge is 0.362 e. The molecule has 8 nitrogen and oxygen atoms in total. The number of carboxylic acid groups (broad SMARTS) is 1. The fourth-order valence-corrected chi connectivity index (χ4v) is 6.82. The van der Waals surface area contributed by atoms with Gasteiger partial charge in [-0.3, -0.25) is 9.59 Å². The number of carboxylic acids is 1. The van der Waals surface area contributed by atoms with E-state index in [0.717, 1.165) is 64.2 Å². The SMILES string of the molecule is CCCCC/C=C/C/C=C/CCCCCCCCCC(=O)OCC(COCCC(C(=O)O)[N+](C)(C)C)OC(=O)CCCCCCC/C=C/CCCCCCCCC. The molecule has 57 heavy (non-hydrogen) atoms. The number of esters is 2. The second-order valence-corrected chi connectivity index (χ2v) is 17.0. The summed E-state index contributed by atoms with van der Waals surface area (Å²) in [5.41, 5.74) is 0. The summed E-state index contributed by atoms with van der Waals surface area (Å²) in [7, 11) is 5.53. The van der Waals surface area contributed by atoms with Crippen molar-refractivity contribution >= 4 is 17.9 Å². The Hall–Kier alpha value is -2.45. The first kappa shape index (κ1) is 54.6. The maximum absolute atomic E-state index is 12.7. The average Bonchev–Trinajstić information content (AvgIpc) is 3.17. The third-order valence-corrected chi connectivity index (χ3v) is 10.5. The minimum Gasteiger partial charge on any atom is -0.477 e. The summed E-state index contributed by atoms with van der Waals surface area (Å²) in [5.74, 6) is -1.48. The van der Waals surface area contributed by atoms with Gasteiger partial charge < -0.3 is 23.8 Å². The molecule has 0 rings (SSSR count). The van der Waals surface area contributed by atoms with Crippen LogP contribution in [0.2, 0.25) is 0 Å². The highest BCUT2D eigenvalue weighted by atomic mass is 16.6. The van der Waals surface area contributed by atoms with E-state index >= 15 is 0 Å². The molecule has 0 saturated heterocycles. The lowest BCUT2D eigenvalue weighted by molar-refractivity contribution is -0.887. The summed E-state index contributed by atoms with van der Waals surface area (Å²) < 4.78 is 17.3. The molecular formula is C49H90NO7+. The van der Waals surface area contributed by atoms with Gasteiger partial charge in [0.25, 0.3) is 0 Å². The van der Waals surface area contributed by atoms with Crippen molar-refractivity contribution in [1.82, 2.24) is 0 Å². The van der Waals surface area contributed by atoms with Crippen molar-refractivity contribution in [3.63, 3.8) is 0 Å². The zero-order chi connectivity index (χ0) is 42.1. The van der Waals surface area contributed by atoms with E-state index in [1.165, 1.54) is 109 Å². The second-order valence-electron chi connectivity index (χ2n) is 17.0. The molecule has 0 aliphatic carbocycles. The van der Waals surface area contributed by atoms with Crippen LogP contribution >= 0.6 is 0 Å². The lowest BCUT2D eigenvalue weighted by Crippen LogP contribution is -2.50. The number of unbranched alkanes of at least 4 members (excludes halogenated alkanes) is 22. The molecule has 2 unspecified atom stereocenters. The van der Waals surface area contributed by atoms with E-state index in [-0.39, 0.29) is 36.2 Å². The van der Waals surface area contributed by atoms with Gasteiger partial charge in [0.1, 0.15) is 6.61 Å². The van der Waals surface area contributed by atoms with Crippen molar-refractivity contribution in [2.75, 3.05) is 41.0 Å². The van der Waals surface area contributed by atoms with Crippen molar-refractivity contribution < 1.29 is 38.2 Å². The number of ether oxygens (including phenoxy) is 3. The summed E-state index contributed by atoms with van der Waals surface area (Å²) in [6.07, 6.45) is 46.1. The molecule has 0 fully saturated rings. The van der Waals surface area contributed by atoms with E-state index in [4.69, 9.17) is 14.2 Å². The first-order valence-corrected chi connectivity index (χ1v) is 23.5. The summed E-state index contributed by atoms with van der Waals surface area (Å²) >= 11 is 0. The fourth-order valence-electron chi connectivity index (χ4n) is 6.82. The zero-order valence-corrected chi connectivity index (χ0v) is 37.8. The summed E-state index contributed by atoms with van der Waals surface area (Å²) in [4.78, 5) is 37.0. The third-order valence-electron chi connectivity index (χ3n) is 10.5. The molecule has 0 aromatic rings. The van der Waals surface area contributed by atoms with E-state index in [9.17, 15) is 19.5 Å². The second kappa shape index (κ2) is 40.3. The molecule has 0 aromatic heterocycles. The first-order chi connectivity index (χ1) is 27.6. The molecule has 0 bridgehead atoms. The molecule has 2 atom stereocenters. The quantitative estimate of drug-likeness (QED) is 0.0284. The van der Waals surface area contributed by atoms with Gasteiger partial charge in [0.05, 0.1) is 34.4 Å². The molecule has 332 valence electrons. The Morgan fingerprint density at radius 2 is 0.930 bits per heavy atom. The minimum absolute atomic E-state index is 0.0565. The number of nitrogens with zero attached hydrogens (tertiary/aromatic N) is 1. The normalized spacial score (nSPS) is 13.2.